The molecule has 0 saturated heterocycles. The zero-order valence-electron chi connectivity index (χ0n) is 11.4. The normalized spacial score (nSPS) is 15.1. The number of nitrogens with one attached hydrogen (secondary N) is 2. The summed E-state index contributed by atoms with van der Waals surface area (Å²) in [6.45, 7) is 0. The molecule has 0 atom stereocenters. The first kappa shape index (κ1) is 14.4. The van der Waals surface area contributed by atoms with Crippen LogP contribution in [0.5, 0.6) is 0 Å². The Morgan fingerprint density at radius 3 is 2.48 bits per heavy atom. The van der Waals surface area contributed by atoms with Crippen LogP contribution in [0, 0.1) is 0 Å². The number of anilines is 3. The van der Waals surface area contributed by atoms with Crippen LogP contribution in [0.4, 0.5) is 17.5 Å². The fourth-order valence-corrected chi connectivity index (χ4v) is 3.06. The summed E-state index contributed by atoms with van der Waals surface area (Å²) in [7, 11) is 0. The largest absolute Gasteiger partial charge is 0.367 e. The van der Waals surface area contributed by atoms with E-state index in [0.29, 0.717) is 22.0 Å². The topological polar surface area (TPSA) is 49.8 Å². The van der Waals surface area contributed by atoms with E-state index in [0.717, 1.165) is 11.5 Å². The molecule has 1 aliphatic rings. The van der Waals surface area contributed by atoms with Gasteiger partial charge in [0, 0.05) is 28.0 Å². The van der Waals surface area contributed by atoms with E-state index in [-0.39, 0.29) is 0 Å². The van der Waals surface area contributed by atoms with Crippen molar-refractivity contribution in [1.29, 1.82) is 0 Å². The summed E-state index contributed by atoms with van der Waals surface area (Å²) in [6.07, 6.45) is 6.72. The molecule has 1 saturated carbocycles. The molecule has 3 rings (SSSR count). The van der Waals surface area contributed by atoms with E-state index < -0.39 is 0 Å². The molecular weight excluding hydrogens is 307 g/mol. The maximum absolute atomic E-state index is 5.98. The minimum atomic E-state index is 0.522. The predicted octanol–water partition coefficient (Wildman–Crippen LogP) is 4.88. The molecule has 21 heavy (non-hydrogen) atoms. The van der Waals surface area contributed by atoms with Gasteiger partial charge in [-0.1, -0.05) is 36.0 Å². The molecule has 2 N–H and O–H groups in total. The molecule has 0 radical (unpaired) electrons. The van der Waals surface area contributed by atoms with Crippen LogP contribution in [0.2, 0.25) is 10.0 Å². The van der Waals surface area contributed by atoms with Gasteiger partial charge in [0.1, 0.15) is 5.82 Å². The molecule has 0 amide bonds. The van der Waals surface area contributed by atoms with Gasteiger partial charge in [-0.3, -0.25) is 0 Å². The average molecular weight is 323 g/mol. The maximum atomic E-state index is 5.98. The Balaban J connectivity index is 1.73. The van der Waals surface area contributed by atoms with E-state index in [1.165, 1.54) is 25.7 Å². The fourth-order valence-electron chi connectivity index (χ4n) is 2.53. The SMILES string of the molecule is Clc1cc(Cl)cc(Nc2nccc(NC3CCCC3)n2)c1. The second-order valence-corrected chi connectivity index (χ2v) is 6.05. The molecule has 1 fully saturated rings. The first-order valence-electron chi connectivity index (χ1n) is 7.02. The summed E-state index contributed by atoms with van der Waals surface area (Å²) in [5.41, 5.74) is 0.769. The Labute approximate surface area is 133 Å². The van der Waals surface area contributed by atoms with Gasteiger partial charge < -0.3 is 10.6 Å². The number of hydrogen-bond acceptors (Lipinski definition) is 4. The number of aromatic nitrogens is 2. The lowest BCUT2D eigenvalue weighted by molar-refractivity contribution is 0.750. The molecular formula is C15H16Cl2N4. The summed E-state index contributed by atoms with van der Waals surface area (Å²) in [6, 6.07) is 7.66. The van der Waals surface area contributed by atoms with E-state index in [9.17, 15) is 0 Å². The number of rotatable bonds is 4. The lowest BCUT2D eigenvalue weighted by Gasteiger charge is -2.13. The van der Waals surface area contributed by atoms with Crippen molar-refractivity contribution in [3.05, 3.63) is 40.5 Å². The molecule has 110 valence electrons. The van der Waals surface area contributed by atoms with E-state index in [2.05, 4.69) is 20.6 Å². The van der Waals surface area contributed by atoms with Crippen molar-refractivity contribution in [1.82, 2.24) is 9.97 Å². The van der Waals surface area contributed by atoms with Gasteiger partial charge in [0.15, 0.2) is 0 Å². The summed E-state index contributed by atoms with van der Waals surface area (Å²) < 4.78 is 0. The summed E-state index contributed by atoms with van der Waals surface area (Å²) in [5, 5.41) is 7.71. The van der Waals surface area contributed by atoms with Crippen molar-refractivity contribution in [3.8, 4) is 0 Å². The standard InChI is InChI=1S/C15H16Cl2N4/c16-10-7-11(17)9-13(8-10)20-15-18-6-5-14(21-15)19-12-3-1-2-4-12/h5-9,12H,1-4H2,(H2,18,19,20,21). The number of benzene rings is 1. The Hall–Kier alpha value is -1.52. The average Bonchev–Trinajstić information content (AvgIpc) is 2.90. The number of halogens is 2. The Bertz CT molecular complexity index is 607. The van der Waals surface area contributed by atoms with Crippen LogP contribution >= 0.6 is 23.2 Å². The number of nitrogens with zero attached hydrogens (tertiary/aromatic N) is 2. The third kappa shape index (κ3) is 3.99. The van der Waals surface area contributed by atoms with Gasteiger partial charge in [-0.15, -0.1) is 0 Å². The molecule has 0 unspecified atom stereocenters. The van der Waals surface area contributed by atoms with Gasteiger partial charge >= 0.3 is 0 Å². The molecule has 1 aromatic heterocycles. The molecule has 1 heterocycles. The first-order chi connectivity index (χ1) is 10.2. The highest BCUT2D eigenvalue weighted by Gasteiger charge is 2.15. The highest BCUT2D eigenvalue weighted by molar-refractivity contribution is 6.35. The zero-order chi connectivity index (χ0) is 14.7. The lowest BCUT2D eigenvalue weighted by Crippen LogP contribution is -2.15. The van der Waals surface area contributed by atoms with E-state index in [1.54, 1.807) is 24.4 Å². The molecule has 4 nitrogen and oxygen atoms in total. The van der Waals surface area contributed by atoms with Gasteiger partial charge in [-0.2, -0.15) is 4.98 Å². The highest BCUT2D eigenvalue weighted by atomic mass is 35.5. The van der Waals surface area contributed by atoms with Gasteiger partial charge in [0.05, 0.1) is 0 Å². The zero-order valence-corrected chi connectivity index (χ0v) is 13.0. The van der Waals surface area contributed by atoms with Crippen LogP contribution < -0.4 is 10.6 Å². The van der Waals surface area contributed by atoms with Crippen molar-refractivity contribution in [3.63, 3.8) is 0 Å². The van der Waals surface area contributed by atoms with E-state index in [4.69, 9.17) is 23.2 Å². The van der Waals surface area contributed by atoms with Crippen LogP contribution in [0.3, 0.4) is 0 Å². The smallest absolute Gasteiger partial charge is 0.229 e. The Kier molecular flexibility index (Phi) is 4.46. The third-order valence-corrected chi connectivity index (χ3v) is 3.92. The second-order valence-electron chi connectivity index (χ2n) is 5.17. The summed E-state index contributed by atoms with van der Waals surface area (Å²) >= 11 is 12.0. The lowest BCUT2D eigenvalue weighted by atomic mass is 10.2. The van der Waals surface area contributed by atoms with Crippen LogP contribution in [-0.4, -0.2) is 16.0 Å². The van der Waals surface area contributed by atoms with Crippen LogP contribution in [-0.2, 0) is 0 Å². The first-order valence-corrected chi connectivity index (χ1v) is 7.77. The van der Waals surface area contributed by atoms with Gasteiger partial charge in [0.25, 0.3) is 0 Å². The summed E-state index contributed by atoms with van der Waals surface area (Å²) in [5.74, 6) is 1.36. The molecule has 1 aliphatic carbocycles. The minimum Gasteiger partial charge on any atom is -0.367 e. The quantitative estimate of drug-likeness (QED) is 0.842. The second kappa shape index (κ2) is 6.50. The molecule has 2 aromatic rings. The van der Waals surface area contributed by atoms with Gasteiger partial charge in [-0.05, 0) is 37.1 Å². The Morgan fingerprint density at radius 1 is 1.05 bits per heavy atom. The molecule has 6 heteroatoms. The molecule has 0 aliphatic heterocycles. The van der Waals surface area contributed by atoms with Gasteiger partial charge in [-0.25, -0.2) is 4.98 Å². The van der Waals surface area contributed by atoms with Crippen molar-refractivity contribution in [2.24, 2.45) is 0 Å². The van der Waals surface area contributed by atoms with Crippen molar-refractivity contribution < 1.29 is 0 Å². The van der Waals surface area contributed by atoms with Crippen LogP contribution in [0.15, 0.2) is 30.5 Å². The number of hydrogen-bond donors (Lipinski definition) is 2. The molecule has 0 bridgehead atoms. The highest BCUT2D eigenvalue weighted by Crippen LogP contribution is 2.25. The Morgan fingerprint density at radius 2 is 1.76 bits per heavy atom. The van der Waals surface area contributed by atoms with Crippen LogP contribution in [0.25, 0.3) is 0 Å². The third-order valence-electron chi connectivity index (χ3n) is 3.48. The van der Waals surface area contributed by atoms with Crippen molar-refractivity contribution in [2.75, 3.05) is 10.6 Å². The molecule has 1 aromatic carbocycles. The maximum Gasteiger partial charge on any atom is 0.229 e. The minimum absolute atomic E-state index is 0.522. The van der Waals surface area contributed by atoms with Crippen LogP contribution in [0.1, 0.15) is 25.7 Å². The monoisotopic (exact) mass is 322 g/mol. The van der Waals surface area contributed by atoms with E-state index >= 15 is 0 Å². The predicted molar refractivity (Wildman–Crippen MR) is 87.7 cm³/mol. The van der Waals surface area contributed by atoms with Crippen molar-refractivity contribution in [2.45, 2.75) is 31.7 Å². The summed E-state index contributed by atoms with van der Waals surface area (Å²) in [4.78, 5) is 8.69. The van der Waals surface area contributed by atoms with Gasteiger partial charge in [0.2, 0.25) is 5.95 Å². The molecule has 0 spiro atoms. The fraction of sp³-hybridized carbons (Fsp3) is 0.333. The van der Waals surface area contributed by atoms with Crippen molar-refractivity contribution >= 4 is 40.7 Å². The van der Waals surface area contributed by atoms with E-state index in [1.807, 2.05) is 6.07 Å².